The van der Waals surface area contributed by atoms with Gasteiger partial charge >= 0.3 is 0 Å². The number of benzene rings is 1. The summed E-state index contributed by atoms with van der Waals surface area (Å²) in [5.74, 6) is 0.207. The summed E-state index contributed by atoms with van der Waals surface area (Å²) in [5, 5.41) is 3.18. The van der Waals surface area contributed by atoms with E-state index in [0.29, 0.717) is 19.0 Å². The number of carbonyl (C=O) groups excluding carboxylic acids is 2. The zero-order valence-corrected chi connectivity index (χ0v) is 14.8. The van der Waals surface area contributed by atoms with Gasteiger partial charge in [0, 0.05) is 0 Å². The molecule has 132 valence electrons. The number of likely N-dealkylation sites (tertiary alicyclic amines) is 1. The van der Waals surface area contributed by atoms with Crippen LogP contribution < -0.4 is 16.0 Å². The van der Waals surface area contributed by atoms with Gasteiger partial charge in [-0.1, -0.05) is 44.2 Å². The van der Waals surface area contributed by atoms with Crippen molar-refractivity contribution in [1.82, 2.24) is 5.32 Å². The first kappa shape index (κ1) is 18.5. The van der Waals surface area contributed by atoms with Crippen molar-refractivity contribution in [2.24, 2.45) is 17.6 Å². The van der Waals surface area contributed by atoms with Crippen molar-refractivity contribution >= 4 is 11.8 Å². The van der Waals surface area contributed by atoms with E-state index in [2.05, 4.69) is 31.3 Å². The second kappa shape index (κ2) is 8.83. The molecule has 1 fully saturated rings. The molecule has 0 saturated carbocycles. The van der Waals surface area contributed by atoms with E-state index in [9.17, 15) is 9.59 Å². The van der Waals surface area contributed by atoms with E-state index < -0.39 is 0 Å². The van der Waals surface area contributed by atoms with Crippen LogP contribution in [0.5, 0.6) is 0 Å². The summed E-state index contributed by atoms with van der Waals surface area (Å²) in [7, 11) is 0. The molecular weight excluding hydrogens is 302 g/mol. The summed E-state index contributed by atoms with van der Waals surface area (Å²) in [6, 6.07) is 10.1. The van der Waals surface area contributed by atoms with E-state index in [1.54, 1.807) is 0 Å². The van der Waals surface area contributed by atoms with Gasteiger partial charge in [0.2, 0.25) is 5.91 Å². The number of nitrogens with one attached hydrogen (secondary N) is 2. The van der Waals surface area contributed by atoms with E-state index in [1.165, 1.54) is 0 Å². The lowest BCUT2D eigenvalue weighted by atomic mass is 9.96. The van der Waals surface area contributed by atoms with Crippen LogP contribution in [-0.2, 0) is 9.59 Å². The molecule has 1 heterocycles. The average Bonchev–Trinajstić information content (AvgIpc) is 2.55. The van der Waals surface area contributed by atoms with Crippen molar-refractivity contribution < 1.29 is 14.5 Å². The van der Waals surface area contributed by atoms with Crippen molar-refractivity contribution in [1.29, 1.82) is 0 Å². The second-order valence-corrected chi connectivity index (χ2v) is 7.28. The fourth-order valence-corrected chi connectivity index (χ4v) is 3.46. The molecule has 1 unspecified atom stereocenters. The maximum absolute atomic E-state index is 12.5. The fourth-order valence-electron chi connectivity index (χ4n) is 3.46. The first-order valence-corrected chi connectivity index (χ1v) is 8.93. The summed E-state index contributed by atoms with van der Waals surface area (Å²) in [6.45, 7) is 6.33. The van der Waals surface area contributed by atoms with Gasteiger partial charge in [0.25, 0.3) is 5.91 Å². The molecule has 1 aliphatic heterocycles. The van der Waals surface area contributed by atoms with Crippen molar-refractivity contribution in [2.75, 3.05) is 19.6 Å². The Morgan fingerprint density at radius 3 is 2.62 bits per heavy atom. The van der Waals surface area contributed by atoms with Crippen molar-refractivity contribution in [2.45, 2.75) is 39.2 Å². The Bertz CT molecular complexity index is 545. The molecule has 1 aromatic rings. The number of amides is 2. The molecule has 1 saturated heterocycles. The van der Waals surface area contributed by atoms with E-state index in [0.717, 1.165) is 36.3 Å². The van der Waals surface area contributed by atoms with Crippen LogP contribution in [0.25, 0.3) is 0 Å². The van der Waals surface area contributed by atoms with Crippen molar-refractivity contribution in [3.05, 3.63) is 35.9 Å². The molecule has 0 aromatic heterocycles. The highest BCUT2D eigenvalue weighted by molar-refractivity contribution is 5.78. The Balaban J connectivity index is 1.94. The van der Waals surface area contributed by atoms with Gasteiger partial charge in [-0.15, -0.1) is 0 Å². The van der Waals surface area contributed by atoms with Crippen molar-refractivity contribution in [3.8, 4) is 0 Å². The van der Waals surface area contributed by atoms with E-state index in [4.69, 9.17) is 5.73 Å². The lowest BCUT2D eigenvalue weighted by Gasteiger charge is -2.28. The van der Waals surface area contributed by atoms with Crippen molar-refractivity contribution in [3.63, 3.8) is 0 Å². The monoisotopic (exact) mass is 332 g/mol. The van der Waals surface area contributed by atoms with Gasteiger partial charge < -0.3 is 16.0 Å². The first-order chi connectivity index (χ1) is 11.5. The standard InChI is InChI=1S/C19H29N3O2/c1-14(2)11-17(15-7-4-3-5-8-15)21-18(23)13-22-10-6-9-16(12-22)19(20)24/h3-5,7-8,14,16-17H,6,9-13H2,1-2H3,(H2,20,24)(H,21,23)/p+1/t16-,17-/m0/s1. The van der Waals surface area contributed by atoms with E-state index >= 15 is 0 Å². The highest BCUT2D eigenvalue weighted by atomic mass is 16.2. The van der Waals surface area contributed by atoms with Crippen LogP contribution in [0.2, 0.25) is 0 Å². The lowest BCUT2D eigenvalue weighted by molar-refractivity contribution is -0.899. The van der Waals surface area contributed by atoms with Gasteiger partial charge in [0.05, 0.1) is 25.0 Å². The average molecular weight is 332 g/mol. The predicted molar refractivity (Wildman–Crippen MR) is 94.3 cm³/mol. The Hall–Kier alpha value is -1.88. The minimum atomic E-state index is -0.241. The van der Waals surface area contributed by atoms with Gasteiger partial charge in [-0.25, -0.2) is 0 Å². The Morgan fingerprint density at radius 2 is 2.00 bits per heavy atom. The van der Waals surface area contributed by atoms with Crippen LogP contribution in [0.1, 0.15) is 44.7 Å². The maximum Gasteiger partial charge on any atom is 0.275 e. The lowest BCUT2D eigenvalue weighted by Crippen LogP contribution is -3.15. The summed E-state index contributed by atoms with van der Waals surface area (Å²) in [5.41, 5.74) is 6.56. The summed E-state index contributed by atoms with van der Waals surface area (Å²) >= 11 is 0. The third kappa shape index (κ3) is 5.64. The number of rotatable bonds is 7. The number of primary amides is 1. The van der Waals surface area contributed by atoms with Crippen LogP contribution >= 0.6 is 0 Å². The summed E-state index contributed by atoms with van der Waals surface area (Å²) in [6.07, 6.45) is 2.71. The molecule has 0 radical (unpaired) electrons. The topological polar surface area (TPSA) is 76.6 Å². The van der Waals surface area contributed by atoms with Crippen LogP contribution in [0.15, 0.2) is 30.3 Å². The van der Waals surface area contributed by atoms with E-state index in [-0.39, 0.29) is 23.8 Å². The number of hydrogen-bond acceptors (Lipinski definition) is 2. The zero-order chi connectivity index (χ0) is 17.5. The molecule has 0 spiro atoms. The van der Waals surface area contributed by atoms with Gasteiger partial charge in [-0.05, 0) is 30.7 Å². The second-order valence-electron chi connectivity index (χ2n) is 7.28. The molecule has 0 aliphatic carbocycles. The molecule has 24 heavy (non-hydrogen) atoms. The molecule has 3 atom stereocenters. The van der Waals surface area contributed by atoms with Gasteiger partial charge in [-0.2, -0.15) is 0 Å². The molecule has 0 bridgehead atoms. The Labute approximate surface area is 144 Å². The Kier molecular flexibility index (Phi) is 6.79. The van der Waals surface area contributed by atoms with Crippen LogP contribution in [0, 0.1) is 11.8 Å². The largest absolute Gasteiger partial charge is 0.369 e. The fraction of sp³-hybridized carbons (Fsp3) is 0.579. The molecule has 2 rings (SSSR count). The molecule has 1 aromatic carbocycles. The van der Waals surface area contributed by atoms with Crippen LogP contribution in [0.3, 0.4) is 0 Å². The highest BCUT2D eigenvalue weighted by Crippen LogP contribution is 2.20. The maximum atomic E-state index is 12.5. The minimum absolute atomic E-state index is 0.0369. The minimum Gasteiger partial charge on any atom is -0.369 e. The van der Waals surface area contributed by atoms with Gasteiger partial charge in [0.1, 0.15) is 0 Å². The highest BCUT2D eigenvalue weighted by Gasteiger charge is 2.29. The Morgan fingerprint density at radius 1 is 1.29 bits per heavy atom. The van der Waals surface area contributed by atoms with Crippen LogP contribution in [-0.4, -0.2) is 31.4 Å². The molecular formula is C19H30N3O2+. The smallest absolute Gasteiger partial charge is 0.275 e. The molecule has 5 nitrogen and oxygen atoms in total. The molecule has 5 heteroatoms. The predicted octanol–water partition coefficient (Wildman–Crippen LogP) is 0.670. The third-order valence-corrected chi connectivity index (χ3v) is 4.68. The third-order valence-electron chi connectivity index (χ3n) is 4.68. The van der Waals surface area contributed by atoms with Gasteiger partial charge in [0.15, 0.2) is 6.54 Å². The number of hydrogen-bond donors (Lipinski definition) is 3. The summed E-state index contributed by atoms with van der Waals surface area (Å²) in [4.78, 5) is 25.0. The number of piperidine rings is 1. The number of nitrogens with two attached hydrogens (primary N) is 1. The summed E-state index contributed by atoms with van der Waals surface area (Å²) < 4.78 is 0. The number of quaternary nitrogens is 1. The van der Waals surface area contributed by atoms with Crippen LogP contribution in [0.4, 0.5) is 0 Å². The SMILES string of the molecule is CC(C)C[C@H](NC(=O)C[NH+]1CCC[C@H](C(N)=O)C1)c1ccccc1. The zero-order valence-electron chi connectivity index (χ0n) is 14.8. The first-order valence-electron chi connectivity index (χ1n) is 8.93. The van der Waals surface area contributed by atoms with E-state index in [1.807, 2.05) is 18.2 Å². The normalized spacial score (nSPS) is 22.1. The van der Waals surface area contributed by atoms with Gasteiger partial charge in [-0.3, -0.25) is 9.59 Å². The molecule has 4 N–H and O–H groups in total. The molecule has 1 aliphatic rings. The quantitative estimate of drug-likeness (QED) is 0.686. The molecule has 2 amide bonds. The number of carbonyl (C=O) groups is 2.